The van der Waals surface area contributed by atoms with Gasteiger partial charge in [-0.1, -0.05) is 24.3 Å². The van der Waals surface area contributed by atoms with E-state index in [2.05, 4.69) is 32.6 Å². The van der Waals surface area contributed by atoms with Crippen LogP contribution in [0.5, 0.6) is 0 Å². The zero-order chi connectivity index (χ0) is 16.4. The Hall–Kier alpha value is -2.92. The number of aromatic nitrogens is 2. The monoisotopic (exact) mass is 333 g/mol. The van der Waals surface area contributed by atoms with E-state index in [1.807, 2.05) is 42.5 Å². The SMILES string of the molecule is C=CCn1c(-c2cc3ccccc3o2)csc1=Nc1cccnc1. The molecular weight excluding hydrogens is 318 g/mol. The third kappa shape index (κ3) is 2.70. The fraction of sp³-hybridized carbons (Fsp3) is 0.0526. The minimum absolute atomic E-state index is 0.662. The minimum atomic E-state index is 0.662. The summed E-state index contributed by atoms with van der Waals surface area (Å²) in [6, 6.07) is 13.9. The lowest BCUT2D eigenvalue weighted by Crippen LogP contribution is -2.14. The number of fused-ring (bicyclic) bond motifs is 1. The first-order chi connectivity index (χ1) is 11.8. The number of allylic oxidation sites excluding steroid dienone is 1. The van der Waals surface area contributed by atoms with E-state index in [9.17, 15) is 0 Å². The van der Waals surface area contributed by atoms with Crippen molar-refractivity contribution >= 4 is 28.0 Å². The molecule has 1 aromatic carbocycles. The smallest absolute Gasteiger partial charge is 0.190 e. The topological polar surface area (TPSA) is 43.3 Å². The molecule has 4 aromatic rings. The molecule has 0 aliphatic heterocycles. The molecular formula is C19H15N3OS. The molecule has 4 rings (SSSR count). The molecule has 0 radical (unpaired) electrons. The quantitative estimate of drug-likeness (QED) is 0.505. The predicted octanol–water partition coefficient (Wildman–Crippen LogP) is 4.78. The van der Waals surface area contributed by atoms with Crippen molar-refractivity contribution in [2.45, 2.75) is 6.54 Å². The Bertz CT molecular complexity index is 1020. The summed E-state index contributed by atoms with van der Waals surface area (Å²) in [6.45, 7) is 4.52. The first-order valence-corrected chi connectivity index (χ1v) is 8.46. The van der Waals surface area contributed by atoms with Gasteiger partial charge < -0.3 is 8.98 Å². The average Bonchev–Trinajstić information content (AvgIpc) is 3.20. The third-order valence-electron chi connectivity index (χ3n) is 3.66. The van der Waals surface area contributed by atoms with Crippen LogP contribution >= 0.6 is 11.3 Å². The second kappa shape index (κ2) is 6.29. The molecule has 24 heavy (non-hydrogen) atoms. The standard InChI is InChI=1S/C19H15N3OS/c1-2-10-22-16(18-11-14-6-3-4-8-17(14)23-18)13-24-19(22)21-15-7-5-9-20-12-15/h2-9,11-13H,1,10H2. The number of hydrogen-bond donors (Lipinski definition) is 0. The van der Waals surface area contributed by atoms with Crippen LogP contribution < -0.4 is 4.80 Å². The van der Waals surface area contributed by atoms with Gasteiger partial charge in [-0.2, -0.15) is 0 Å². The fourth-order valence-electron chi connectivity index (χ4n) is 2.56. The summed E-state index contributed by atoms with van der Waals surface area (Å²) in [4.78, 5) is 9.69. The van der Waals surface area contributed by atoms with Gasteiger partial charge >= 0.3 is 0 Å². The van der Waals surface area contributed by atoms with Crippen LogP contribution in [0.2, 0.25) is 0 Å². The van der Waals surface area contributed by atoms with Gasteiger partial charge in [0.05, 0.1) is 17.6 Å². The van der Waals surface area contributed by atoms with E-state index in [-0.39, 0.29) is 0 Å². The minimum Gasteiger partial charge on any atom is -0.454 e. The molecule has 118 valence electrons. The van der Waals surface area contributed by atoms with Crippen LogP contribution in [0, 0.1) is 0 Å². The van der Waals surface area contributed by atoms with Crippen molar-refractivity contribution in [3.05, 3.63) is 77.7 Å². The largest absolute Gasteiger partial charge is 0.454 e. The van der Waals surface area contributed by atoms with E-state index in [1.165, 1.54) is 0 Å². The highest BCUT2D eigenvalue weighted by atomic mass is 32.1. The second-order valence-electron chi connectivity index (χ2n) is 5.27. The first kappa shape index (κ1) is 14.7. The third-order valence-corrected chi connectivity index (χ3v) is 4.52. The van der Waals surface area contributed by atoms with Crippen LogP contribution in [0.15, 0.2) is 82.3 Å². The van der Waals surface area contributed by atoms with E-state index in [4.69, 9.17) is 4.42 Å². The summed E-state index contributed by atoms with van der Waals surface area (Å²) in [5.41, 5.74) is 2.71. The maximum absolute atomic E-state index is 6.00. The lowest BCUT2D eigenvalue weighted by Gasteiger charge is -2.03. The number of rotatable bonds is 4. The summed E-state index contributed by atoms with van der Waals surface area (Å²) >= 11 is 1.58. The van der Waals surface area contributed by atoms with E-state index >= 15 is 0 Å². The fourth-order valence-corrected chi connectivity index (χ4v) is 3.48. The molecule has 5 heteroatoms. The molecule has 0 fully saturated rings. The van der Waals surface area contributed by atoms with Gasteiger partial charge in [0.1, 0.15) is 5.58 Å². The molecule has 0 bridgehead atoms. The average molecular weight is 333 g/mol. The molecule has 0 spiro atoms. The number of para-hydroxylation sites is 1. The highest BCUT2D eigenvalue weighted by Gasteiger charge is 2.12. The second-order valence-corrected chi connectivity index (χ2v) is 6.11. The Labute approximate surface area is 143 Å². The summed E-state index contributed by atoms with van der Waals surface area (Å²) in [5, 5.41) is 3.16. The van der Waals surface area contributed by atoms with Crippen molar-refractivity contribution in [1.82, 2.24) is 9.55 Å². The Balaban J connectivity index is 1.87. The van der Waals surface area contributed by atoms with E-state index < -0.39 is 0 Å². The number of furan rings is 1. The number of pyridine rings is 1. The van der Waals surface area contributed by atoms with Crippen molar-refractivity contribution in [3.8, 4) is 11.5 Å². The van der Waals surface area contributed by atoms with Crippen molar-refractivity contribution in [1.29, 1.82) is 0 Å². The number of thiazole rings is 1. The summed E-state index contributed by atoms with van der Waals surface area (Å²) < 4.78 is 8.10. The van der Waals surface area contributed by atoms with Crippen LogP contribution in [0.25, 0.3) is 22.4 Å². The van der Waals surface area contributed by atoms with Crippen LogP contribution in [0.1, 0.15) is 0 Å². The van der Waals surface area contributed by atoms with Gasteiger partial charge in [-0.3, -0.25) is 4.98 Å². The number of nitrogens with zero attached hydrogens (tertiary/aromatic N) is 3. The molecule has 0 aliphatic carbocycles. The van der Waals surface area contributed by atoms with Gasteiger partial charge in [0.2, 0.25) is 0 Å². The molecule has 0 N–H and O–H groups in total. The lowest BCUT2D eigenvalue weighted by molar-refractivity contribution is 0.619. The van der Waals surface area contributed by atoms with Gasteiger partial charge in [-0.25, -0.2) is 4.99 Å². The van der Waals surface area contributed by atoms with Crippen LogP contribution in [-0.2, 0) is 6.54 Å². The van der Waals surface area contributed by atoms with Gasteiger partial charge in [-0.05, 0) is 24.3 Å². The highest BCUT2D eigenvalue weighted by Crippen LogP contribution is 2.28. The van der Waals surface area contributed by atoms with Crippen molar-refractivity contribution < 1.29 is 4.42 Å². The Morgan fingerprint density at radius 1 is 1.25 bits per heavy atom. The summed E-state index contributed by atoms with van der Waals surface area (Å²) in [5.74, 6) is 0.835. The van der Waals surface area contributed by atoms with Crippen molar-refractivity contribution in [2.75, 3.05) is 0 Å². The zero-order valence-electron chi connectivity index (χ0n) is 12.9. The predicted molar refractivity (Wildman–Crippen MR) is 97.2 cm³/mol. The molecule has 0 atom stereocenters. The summed E-state index contributed by atoms with van der Waals surface area (Å²) in [6.07, 6.45) is 5.35. The molecule has 0 saturated carbocycles. The number of benzene rings is 1. The maximum atomic E-state index is 6.00. The maximum Gasteiger partial charge on any atom is 0.190 e. The molecule has 0 unspecified atom stereocenters. The zero-order valence-corrected chi connectivity index (χ0v) is 13.7. The Morgan fingerprint density at radius 2 is 2.17 bits per heavy atom. The van der Waals surface area contributed by atoms with Crippen LogP contribution in [0.4, 0.5) is 5.69 Å². The van der Waals surface area contributed by atoms with Gasteiger partial charge in [0.25, 0.3) is 0 Å². The van der Waals surface area contributed by atoms with Crippen LogP contribution in [0.3, 0.4) is 0 Å². The number of hydrogen-bond acceptors (Lipinski definition) is 4. The van der Waals surface area contributed by atoms with Crippen LogP contribution in [-0.4, -0.2) is 9.55 Å². The molecule has 3 heterocycles. The normalized spacial score (nSPS) is 11.9. The first-order valence-electron chi connectivity index (χ1n) is 7.58. The Morgan fingerprint density at radius 3 is 2.96 bits per heavy atom. The summed E-state index contributed by atoms with van der Waals surface area (Å²) in [7, 11) is 0. The highest BCUT2D eigenvalue weighted by molar-refractivity contribution is 7.07. The van der Waals surface area contributed by atoms with Gasteiger partial charge in [-0.15, -0.1) is 17.9 Å². The van der Waals surface area contributed by atoms with E-state index in [0.717, 1.165) is 32.9 Å². The molecule has 0 amide bonds. The van der Waals surface area contributed by atoms with E-state index in [1.54, 1.807) is 23.7 Å². The molecule has 4 nitrogen and oxygen atoms in total. The van der Waals surface area contributed by atoms with E-state index in [0.29, 0.717) is 6.54 Å². The van der Waals surface area contributed by atoms with Gasteiger partial charge in [0.15, 0.2) is 10.6 Å². The Kier molecular flexibility index (Phi) is 3.84. The molecule has 0 saturated heterocycles. The molecule has 3 aromatic heterocycles. The lowest BCUT2D eigenvalue weighted by atomic mass is 10.2. The van der Waals surface area contributed by atoms with Crippen molar-refractivity contribution in [2.24, 2.45) is 4.99 Å². The molecule has 0 aliphatic rings. The van der Waals surface area contributed by atoms with Crippen molar-refractivity contribution in [3.63, 3.8) is 0 Å². The van der Waals surface area contributed by atoms with Gasteiger partial charge in [0, 0.05) is 23.5 Å².